The smallest absolute Gasteiger partial charge is 0.274 e. The zero-order valence-corrected chi connectivity index (χ0v) is 15.4. The van der Waals surface area contributed by atoms with Crippen molar-refractivity contribution in [1.29, 1.82) is 0 Å². The van der Waals surface area contributed by atoms with Crippen LogP contribution in [0.2, 0.25) is 0 Å². The first-order valence-corrected chi connectivity index (χ1v) is 9.75. The Morgan fingerprint density at radius 2 is 2.00 bits per heavy atom. The van der Waals surface area contributed by atoms with Crippen LogP contribution in [0.3, 0.4) is 0 Å². The van der Waals surface area contributed by atoms with Crippen molar-refractivity contribution in [3.05, 3.63) is 41.1 Å². The van der Waals surface area contributed by atoms with Crippen LogP contribution in [0.1, 0.15) is 41.3 Å². The number of nitrogens with two attached hydrogens (primary N) is 1. The lowest BCUT2D eigenvalue weighted by Crippen LogP contribution is -2.26. The van der Waals surface area contributed by atoms with Crippen LogP contribution in [-0.2, 0) is 16.4 Å². The van der Waals surface area contributed by atoms with E-state index in [1.54, 1.807) is 6.92 Å². The molecule has 1 aromatic carbocycles. The fourth-order valence-electron chi connectivity index (χ4n) is 2.25. The molecule has 0 aliphatic rings. The summed E-state index contributed by atoms with van der Waals surface area (Å²) in [5, 5.41) is 21.9. The number of halogens is 1. The van der Waals surface area contributed by atoms with Crippen molar-refractivity contribution in [2.75, 3.05) is 6.26 Å². The number of hydrogen-bond acceptors (Lipinski definition) is 8. The van der Waals surface area contributed by atoms with Gasteiger partial charge in [0.15, 0.2) is 15.5 Å². The van der Waals surface area contributed by atoms with E-state index in [4.69, 9.17) is 5.73 Å². The maximum Gasteiger partial charge on any atom is 0.274 e. The highest BCUT2D eigenvalue weighted by Gasteiger charge is 2.22. The topological polar surface area (TPSA) is 156 Å². The van der Waals surface area contributed by atoms with Crippen molar-refractivity contribution in [3.63, 3.8) is 0 Å². The van der Waals surface area contributed by atoms with Gasteiger partial charge >= 0.3 is 0 Å². The summed E-state index contributed by atoms with van der Waals surface area (Å²) in [5.41, 5.74) is 5.42. The van der Waals surface area contributed by atoms with Gasteiger partial charge in [-0.25, -0.2) is 17.8 Å². The van der Waals surface area contributed by atoms with Crippen LogP contribution in [0.15, 0.2) is 23.1 Å². The van der Waals surface area contributed by atoms with E-state index >= 15 is 0 Å². The van der Waals surface area contributed by atoms with Gasteiger partial charge in [-0.2, -0.15) is 4.98 Å². The van der Waals surface area contributed by atoms with E-state index in [9.17, 15) is 27.8 Å². The molecule has 1 atom stereocenters. The van der Waals surface area contributed by atoms with E-state index in [-0.39, 0.29) is 22.8 Å². The maximum absolute atomic E-state index is 13.4. The number of benzene rings is 1. The largest absolute Gasteiger partial charge is 0.501 e. The summed E-state index contributed by atoms with van der Waals surface area (Å²) in [5.74, 6) is -3.29. The molecule has 0 fully saturated rings. The lowest BCUT2D eigenvalue weighted by Gasteiger charge is -2.13. The molecule has 1 aromatic heterocycles. The highest BCUT2D eigenvalue weighted by molar-refractivity contribution is 7.90. The van der Waals surface area contributed by atoms with Gasteiger partial charge in [0.2, 0.25) is 5.75 Å². The van der Waals surface area contributed by atoms with E-state index in [0.717, 1.165) is 18.4 Å². The summed E-state index contributed by atoms with van der Waals surface area (Å²) in [7, 11) is -3.73. The Hall–Kier alpha value is -2.79. The number of sulfone groups is 1. The van der Waals surface area contributed by atoms with Gasteiger partial charge in [-0.3, -0.25) is 4.79 Å². The van der Waals surface area contributed by atoms with Crippen LogP contribution in [0.25, 0.3) is 0 Å². The van der Waals surface area contributed by atoms with Crippen LogP contribution in [-0.4, -0.2) is 40.8 Å². The number of hydrogen-bond donors (Lipinski definition) is 4. The summed E-state index contributed by atoms with van der Waals surface area (Å²) in [6.45, 7) is 1.47. The summed E-state index contributed by atoms with van der Waals surface area (Å²) in [6.07, 6.45) is 1.35. The number of nitrogens with one attached hydrogen (secondary N) is 1. The van der Waals surface area contributed by atoms with Crippen LogP contribution >= 0.6 is 0 Å². The van der Waals surface area contributed by atoms with Gasteiger partial charge in [0.25, 0.3) is 11.8 Å². The zero-order chi connectivity index (χ0) is 20.4. The first-order chi connectivity index (χ1) is 12.5. The fourth-order valence-corrected chi connectivity index (χ4v) is 3.19. The predicted octanol–water partition coefficient (Wildman–Crippen LogP) is 0.770. The number of amides is 1. The average Bonchev–Trinajstić information content (AvgIpc) is 2.61. The molecule has 1 amide bonds. The van der Waals surface area contributed by atoms with E-state index in [2.05, 4.69) is 15.3 Å². The molecule has 0 aliphatic carbocycles. The third-order valence-electron chi connectivity index (χ3n) is 3.74. The number of nitrogens with zero attached hydrogens (tertiary/aromatic N) is 2. The number of carbonyl (C=O) groups excluding carboxylic acids is 1. The van der Waals surface area contributed by atoms with Crippen molar-refractivity contribution >= 4 is 15.7 Å². The zero-order valence-electron chi connectivity index (χ0n) is 14.6. The Labute approximate surface area is 155 Å². The van der Waals surface area contributed by atoms with Gasteiger partial charge < -0.3 is 21.3 Å². The Morgan fingerprint density at radius 1 is 1.33 bits per heavy atom. The van der Waals surface area contributed by atoms with Gasteiger partial charge in [0.1, 0.15) is 11.6 Å². The van der Waals surface area contributed by atoms with Crippen LogP contribution < -0.4 is 11.1 Å². The molecular formula is C16H19FN4O5S. The Bertz CT molecular complexity index is 981. The Balaban J connectivity index is 2.31. The molecule has 0 bridgehead atoms. The van der Waals surface area contributed by atoms with Crippen LogP contribution in [0.5, 0.6) is 11.6 Å². The molecule has 0 spiro atoms. The number of rotatable bonds is 6. The van der Waals surface area contributed by atoms with Gasteiger partial charge in [0.05, 0.1) is 10.9 Å². The quantitative estimate of drug-likeness (QED) is 0.556. The SMILES string of the molecule is CCC(N)c1nc(O)c(O)c(C(=O)NCc2ccc(F)cc2S(C)(=O)=O)n1. The van der Waals surface area contributed by atoms with Gasteiger partial charge in [-0.15, -0.1) is 0 Å². The summed E-state index contributed by atoms with van der Waals surface area (Å²) < 4.78 is 36.9. The molecule has 2 rings (SSSR count). The molecule has 9 nitrogen and oxygen atoms in total. The minimum absolute atomic E-state index is 0.0310. The van der Waals surface area contributed by atoms with Crippen molar-refractivity contribution < 1.29 is 27.8 Å². The molecule has 1 heterocycles. The van der Waals surface area contributed by atoms with Gasteiger partial charge in [-0.1, -0.05) is 13.0 Å². The number of aromatic nitrogens is 2. The fraction of sp³-hybridized carbons (Fsp3) is 0.312. The second-order valence-corrected chi connectivity index (χ2v) is 7.81. The van der Waals surface area contributed by atoms with Gasteiger partial charge in [0, 0.05) is 12.8 Å². The van der Waals surface area contributed by atoms with Crippen molar-refractivity contribution in [2.24, 2.45) is 5.73 Å². The second-order valence-electron chi connectivity index (χ2n) is 5.82. The normalized spacial score (nSPS) is 12.6. The standard InChI is InChI=1S/C16H19FN4O5S/c1-3-10(18)14-20-12(13(22)16(24)21-14)15(23)19-7-8-4-5-9(17)6-11(8)27(2,25)26/h4-6,10,22H,3,7,18H2,1-2H3,(H,19,23)(H,20,21,24). The second kappa shape index (κ2) is 7.84. The molecule has 0 saturated heterocycles. The van der Waals surface area contributed by atoms with Crippen molar-refractivity contribution in [1.82, 2.24) is 15.3 Å². The summed E-state index contributed by atoms with van der Waals surface area (Å²) >= 11 is 0. The lowest BCUT2D eigenvalue weighted by atomic mass is 10.2. The molecule has 11 heteroatoms. The molecule has 0 aliphatic heterocycles. The molecule has 27 heavy (non-hydrogen) atoms. The molecule has 146 valence electrons. The minimum Gasteiger partial charge on any atom is -0.501 e. The van der Waals surface area contributed by atoms with Crippen LogP contribution in [0.4, 0.5) is 4.39 Å². The van der Waals surface area contributed by atoms with E-state index in [0.29, 0.717) is 6.42 Å². The highest BCUT2D eigenvalue weighted by atomic mass is 32.2. The van der Waals surface area contributed by atoms with Crippen LogP contribution in [0, 0.1) is 5.82 Å². The lowest BCUT2D eigenvalue weighted by molar-refractivity contribution is 0.0940. The number of carbonyl (C=O) groups is 1. The van der Waals surface area contributed by atoms with Crippen molar-refractivity contribution in [3.8, 4) is 11.6 Å². The molecule has 5 N–H and O–H groups in total. The average molecular weight is 398 g/mol. The predicted molar refractivity (Wildman–Crippen MR) is 93.3 cm³/mol. The molecule has 0 radical (unpaired) electrons. The van der Waals surface area contributed by atoms with E-state index < -0.39 is 44.9 Å². The van der Waals surface area contributed by atoms with E-state index in [1.807, 2.05) is 0 Å². The minimum atomic E-state index is -3.73. The van der Waals surface area contributed by atoms with Crippen molar-refractivity contribution in [2.45, 2.75) is 30.8 Å². The Morgan fingerprint density at radius 3 is 2.59 bits per heavy atom. The maximum atomic E-state index is 13.4. The summed E-state index contributed by atoms with van der Waals surface area (Å²) in [4.78, 5) is 19.6. The highest BCUT2D eigenvalue weighted by Crippen LogP contribution is 2.27. The molecule has 2 aromatic rings. The number of aromatic hydroxyl groups is 2. The van der Waals surface area contributed by atoms with Gasteiger partial charge in [-0.05, 0) is 24.1 Å². The first kappa shape index (κ1) is 20.5. The molecular weight excluding hydrogens is 379 g/mol. The Kier molecular flexibility index (Phi) is 5.96. The van der Waals surface area contributed by atoms with E-state index in [1.165, 1.54) is 6.07 Å². The monoisotopic (exact) mass is 398 g/mol. The summed E-state index contributed by atoms with van der Waals surface area (Å²) in [6, 6.07) is 2.48. The molecule has 1 unspecified atom stereocenters. The first-order valence-electron chi connectivity index (χ1n) is 7.86. The third-order valence-corrected chi connectivity index (χ3v) is 4.92. The third kappa shape index (κ3) is 4.68. The molecule has 0 saturated carbocycles.